The Morgan fingerprint density at radius 1 is 1.20 bits per heavy atom. The van der Waals surface area contributed by atoms with E-state index in [0.29, 0.717) is 5.82 Å². The van der Waals surface area contributed by atoms with Crippen LogP contribution in [0.5, 0.6) is 0 Å². The maximum absolute atomic E-state index is 5.56. The quantitative estimate of drug-likeness (QED) is 0.846. The number of piperazine rings is 1. The lowest BCUT2D eigenvalue weighted by Gasteiger charge is -2.35. The average molecular weight is 273 g/mol. The number of allylic oxidation sites excluding steroid dienone is 2. The minimum absolute atomic E-state index is 0.469. The average Bonchev–Trinajstić information content (AvgIpc) is 2.48. The minimum Gasteiger partial charge on any atom is -0.382 e. The fraction of sp³-hybridized carbons (Fsp3) is 0.467. The van der Waals surface area contributed by atoms with Crippen molar-refractivity contribution in [3.8, 4) is 0 Å². The van der Waals surface area contributed by atoms with Gasteiger partial charge in [0.15, 0.2) is 5.82 Å². The Hall–Kier alpha value is -1.88. The molecule has 2 heterocycles. The van der Waals surface area contributed by atoms with E-state index >= 15 is 0 Å². The SMILES string of the molecule is CC=CC(=CC)CN1CCN(c2ccc(N)nn2)CC1. The first-order valence-electron chi connectivity index (χ1n) is 7.07. The number of hydrogen-bond acceptors (Lipinski definition) is 5. The van der Waals surface area contributed by atoms with Crippen molar-refractivity contribution >= 4 is 11.6 Å². The maximum Gasteiger partial charge on any atom is 0.151 e. The molecular weight excluding hydrogens is 250 g/mol. The second-order valence-electron chi connectivity index (χ2n) is 4.94. The molecule has 1 saturated heterocycles. The molecule has 0 radical (unpaired) electrons. The van der Waals surface area contributed by atoms with E-state index in [2.05, 4.69) is 52.1 Å². The van der Waals surface area contributed by atoms with Gasteiger partial charge in [0.1, 0.15) is 5.82 Å². The molecule has 108 valence electrons. The van der Waals surface area contributed by atoms with Gasteiger partial charge in [0, 0.05) is 32.7 Å². The lowest BCUT2D eigenvalue weighted by Crippen LogP contribution is -2.47. The molecule has 2 rings (SSSR count). The molecule has 2 N–H and O–H groups in total. The molecule has 0 atom stereocenters. The molecule has 0 aromatic carbocycles. The molecule has 0 saturated carbocycles. The summed E-state index contributed by atoms with van der Waals surface area (Å²) in [6.07, 6.45) is 6.45. The van der Waals surface area contributed by atoms with E-state index in [-0.39, 0.29) is 0 Å². The molecular formula is C15H23N5. The third-order valence-corrected chi connectivity index (χ3v) is 3.53. The van der Waals surface area contributed by atoms with Crippen LogP contribution < -0.4 is 10.6 Å². The minimum atomic E-state index is 0.469. The lowest BCUT2D eigenvalue weighted by molar-refractivity contribution is 0.279. The van der Waals surface area contributed by atoms with E-state index in [1.54, 1.807) is 6.07 Å². The van der Waals surface area contributed by atoms with Gasteiger partial charge in [-0.15, -0.1) is 10.2 Å². The summed E-state index contributed by atoms with van der Waals surface area (Å²) < 4.78 is 0. The Bertz CT molecular complexity index is 470. The van der Waals surface area contributed by atoms with Crippen LogP contribution in [0.3, 0.4) is 0 Å². The van der Waals surface area contributed by atoms with Gasteiger partial charge in [0.05, 0.1) is 0 Å². The van der Waals surface area contributed by atoms with E-state index in [1.165, 1.54) is 5.57 Å². The zero-order valence-electron chi connectivity index (χ0n) is 12.3. The molecule has 0 unspecified atom stereocenters. The van der Waals surface area contributed by atoms with Crippen LogP contribution in [0.15, 0.2) is 35.9 Å². The normalized spacial score (nSPS) is 17.9. The highest BCUT2D eigenvalue weighted by Gasteiger charge is 2.18. The maximum atomic E-state index is 5.56. The van der Waals surface area contributed by atoms with Crippen molar-refractivity contribution in [2.24, 2.45) is 0 Å². The predicted molar refractivity (Wildman–Crippen MR) is 83.7 cm³/mol. The Kier molecular flexibility index (Phi) is 5.12. The smallest absolute Gasteiger partial charge is 0.151 e. The largest absolute Gasteiger partial charge is 0.382 e. The summed E-state index contributed by atoms with van der Waals surface area (Å²) in [6.45, 7) is 9.21. The molecule has 1 aliphatic heterocycles. The highest BCUT2D eigenvalue weighted by Crippen LogP contribution is 2.14. The summed E-state index contributed by atoms with van der Waals surface area (Å²) >= 11 is 0. The topological polar surface area (TPSA) is 58.3 Å². The van der Waals surface area contributed by atoms with E-state index in [0.717, 1.165) is 38.5 Å². The molecule has 1 fully saturated rings. The standard InChI is InChI=1S/C15H23N5/c1-3-5-13(4-2)12-19-8-10-20(11-9-19)15-7-6-14(16)17-18-15/h3-7H,8-12H2,1-2H3,(H2,16,17). The summed E-state index contributed by atoms with van der Waals surface area (Å²) in [6, 6.07) is 3.74. The number of nitrogen functional groups attached to an aromatic ring is 1. The van der Waals surface area contributed by atoms with Crippen LogP contribution in [0.1, 0.15) is 13.8 Å². The molecule has 5 heteroatoms. The molecule has 0 spiro atoms. The van der Waals surface area contributed by atoms with Gasteiger partial charge in [-0.3, -0.25) is 4.90 Å². The lowest BCUT2D eigenvalue weighted by atomic mass is 10.2. The van der Waals surface area contributed by atoms with Crippen LogP contribution in [-0.2, 0) is 0 Å². The second-order valence-corrected chi connectivity index (χ2v) is 4.94. The van der Waals surface area contributed by atoms with Crippen LogP contribution in [0.25, 0.3) is 0 Å². The van der Waals surface area contributed by atoms with Gasteiger partial charge in [-0.1, -0.05) is 18.2 Å². The number of hydrogen-bond donors (Lipinski definition) is 1. The first-order chi connectivity index (χ1) is 9.72. The van der Waals surface area contributed by atoms with Crippen LogP contribution in [-0.4, -0.2) is 47.8 Å². The summed E-state index contributed by atoms with van der Waals surface area (Å²) in [4.78, 5) is 4.73. The third-order valence-electron chi connectivity index (χ3n) is 3.53. The molecule has 1 aromatic heterocycles. The summed E-state index contributed by atoms with van der Waals surface area (Å²) in [5.41, 5.74) is 6.93. The van der Waals surface area contributed by atoms with Gasteiger partial charge in [-0.25, -0.2) is 0 Å². The van der Waals surface area contributed by atoms with Gasteiger partial charge in [0.2, 0.25) is 0 Å². The van der Waals surface area contributed by atoms with E-state index < -0.39 is 0 Å². The highest BCUT2D eigenvalue weighted by molar-refractivity contribution is 5.41. The molecule has 20 heavy (non-hydrogen) atoms. The number of rotatable bonds is 4. The molecule has 0 aliphatic carbocycles. The van der Waals surface area contributed by atoms with E-state index in [9.17, 15) is 0 Å². The van der Waals surface area contributed by atoms with Gasteiger partial charge in [-0.2, -0.15) is 0 Å². The highest BCUT2D eigenvalue weighted by atomic mass is 15.3. The number of nitrogens with two attached hydrogens (primary N) is 1. The zero-order valence-corrected chi connectivity index (χ0v) is 12.3. The van der Waals surface area contributed by atoms with Crippen molar-refractivity contribution in [3.63, 3.8) is 0 Å². The number of aromatic nitrogens is 2. The Labute approximate surface area is 120 Å². The van der Waals surface area contributed by atoms with Crippen LogP contribution in [0.2, 0.25) is 0 Å². The first kappa shape index (κ1) is 14.5. The number of anilines is 2. The summed E-state index contributed by atoms with van der Waals surface area (Å²) in [7, 11) is 0. The van der Waals surface area contributed by atoms with Crippen LogP contribution in [0.4, 0.5) is 11.6 Å². The van der Waals surface area contributed by atoms with Crippen molar-refractivity contribution in [2.75, 3.05) is 43.4 Å². The predicted octanol–water partition coefficient (Wildman–Crippen LogP) is 1.70. The van der Waals surface area contributed by atoms with Gasteiger partial charge in [0.25, 0.3) is 0 Å². The molecule has 1 aliphatic rings. The van der Waals surface area contributed by atoms with Crippen molar-refractivity contribution in [2.45, 2.75) is 13.8 Å². The fourth-order valence-electron chi connectivity index (χ4n) is 2.35. The van der Waals surface area contributed by atoms with Crippen LogP contribution in [0, 0.1) is 0 Å². The summed E-state index contributed by atoms with van der Waals surface area (Å²) in [5, 5.41) is 8.06. The molecule has 0 bridgehead atoms. The van der Waals surface area contributed by atoms with Gasteiger partial charge >= 0.3 is 0 Å². The fourth-order valence-corrected chi connectivity index (χ4v) is 2.35. The van der Waals surface area contributed by atoms with Crippen molar-refractivity contribution in [1.82, 2.24) is 15.1 Å². The van der Waals surface area contributed by atoms with E-state index in [4.69, 9.17) is 5.73 Å². The van der Waals surface area contributed by atoms with Gasteiger partial charge in [-0.05, 0) is 31.6 Å². The van der Waals surface area contributed by atoms with Crippen molar-refractivity contribution in [1.29, 1.82) is 0 Å². The number of nitrogens with zero attached hydrogens (tertiary/aromatic N) is 4. The Balaban J connectivity index is 1.87. The molecule has 1 aromatic rings. The second kappa shape index (κ2) is 7.05. The Morgan fingerprint density at radius 3 is 2.50 bits per heavy atom. The summed E-state index contributed by atoms with van der Waals surface area (Å²) in [5.74, 6) is 1.38. The van der Waals surface area contributed by atoms with Crippen LogP contribution >= 0.6 is 0 Å². The first-order valence-corrected chi connectivity index (χ1v) is 7.07. The van der Waals surface area contributed by atoms with E-state index in [1.807, 2.05) is 6.07 Å². The third kappa shape index (κ3) is 3.81. The molecule has 0 amide bonds. The van der Waals surface area contributed by atoms with Crippen molar-refractivity contribution in [3.05, 3.63) is 35.9 Å². The van der Waals surface area contributed by atoms with Gasteiger partial charge < -0.3 is 10.6 Å². The zero-order chi connectivity index (χ0) is 14.4. The molecule has 5 nitrogen and oxygen atoms in total. The van der Waals surface area contributed by atoms with Crippen molar-refractivity contribution < 1.29 is 0 Å². The monoisotopic (exact) mass is 273 g/mol. The Morgan fingerprint density at radius 2 is 1.95 bits per heavy atom.